The summed E-state index contributed by atoms with van der Waals surface area (Å²) < 4.78 is 0. The number of nitrogens with one attached hydrogen (secondary N) is 1. The maximum absolute atomic E-state index is 6.01. The van der Waals surface area contributed by atoms with E-state index in [-0.39, 0.29) is 5.92 Å². The molecular weight excluding hydrogens is 346 g/mol. The van der Waals surface area contributed by atoms with E-state index in [4.69, 9.17) is 17.3 Å². The van der Waals surface area contributed by atoms with E-state index >= 15 is 0 Å². The van der Waals surface area contributed by atoms with Gasteiger partial charge in [0.2, 0.25) is 0 Å². The first-order valence-corrected chi connectivity index (χ1v) is 8.68. The molecule has 1 aromatic carbocycles. The minimum Gasteiger partial charge on any atom is -0.402 e. The van der Waals surface area contributed by atoms with Crippen molar-refractivity contribution in [2.45, 2.75) is 33.6 Å². The third kappa shape index (κ3) is 3.94. The van der Waals surface area contributed by atoms with Gasteiger partial charge in [0, 0.05) is 39.0 Å². The SMILES string of the molecule is C=C(N)C(C)c1c(C)nc(-c2n[nH]c3cc(Cl)ccc23)nc1C.C=CC. The second kappa shape index (κ2) is 8.15. The summed E-state index contributed by atoms with van der Waals surface area (Å²) in [6, 6.07) is 5.59. The number of nitrogens with zero attached hydrogens (tertiary/aromatic N) is 3. The lowest BCUT2D eigenvalue weighted by atomic mass is 9.95. The molecule has 2 aromatic heterocycles. The van der Waals surface area contributed by atoms with Crippen molar-refractivity contribution < 1.29 is 0 Å². The predicted octanol–water partition coefficient (Wildman–Crippen LogP) is 5.06. The summed E-state index contributed by atoms with van der Waals surface area (Å²) in [6.07, 6.45) is 1.75. The number of aryl methyl sites for hydroxylation is 2. The smallest absolute Gasteiger partial charge is 0.181 e. The maximum atomic E-state index is 6.01. The van der Waals surface area contributed by atoms with E-state index in [1.807, 2.05) is 45.9 Å². The van der Waals surface area contributed by atoms with E-state index < -0.39 is 0 Å². The van der Waals surface area contributed by atoms with Gasteiger partial charge in [-0.3, -0.25) is 5.10 Å². The summed E-state index contributed by atoms with van der Waals surface area (Å²) in [5, 5.41) is 8.92. The Morgan fingerprint density at radius 3 is 2.38 bits per heavy atom. The zero-order chi connectivity index (χ0) is 19.4. The topological polar surface area (TPSA) is 80.5 Å². The Bertz CT molecular complexity index is 935. The number of allylic oxidation sites excluding steroid dienone is 2. The van der Waals surface area contributed by atoms with Gasteiger partial charge < -0.3 is 5.73 Å². The monoisotopic (exact) mass is 369 g/mol. The van der Waals surface area contributed by atoms with Gasteiger partial charge in [-0.25, -0.2) is 9.97 Å². The zero-order valence-electron chi connectivity index (χ0n) is 15.6. The Balaban J connectivity index is 0.000000758. The Morgan fingerprint density at radius 2 is 1.85 bits per heavy atom. The molecule has 5 nitrogen and oxygen atoms in total. The Kier molecular flexibility index (Phi) is 6.16. The molecule has 0 radical (unpaired) electrons. The second-order valence-electron chi connectivity index (χ2n) is 6.10. The van der Waals surface area contributed by atoms with Crippen molar-refractivity contribution in [2.75, 3.05) is 0 Å². The number of nitrogens with two attached hydrogens (primary N) is 1. The largest absolute Gasteiger partial charge is 0.402 e. The molecule has 0 aliphatic carbocycles. The van der Waals surface area contributed by atoms with E-state index in [0.29, 0.717) is 22.2 Å². The molecule has 0 aliphatic rings. The minimum absolute atomic E-state index is 0.0128. The lowest BCUT2D eigenvalue weighted by molar-refractivity contribution is 0.828. The first-order valence-electron chi connectivity index (χ1n) is 8.30. The normalized spacial score (nSPS) is 11.6. The highest BCUT2D eigenvalue weighted by atomic mass is 35.5. The van der Waals surface area contributed by atoms with Crippen LogP contribution in [0.1, 0.15) is 36.7 Å². The molecule has 0 saturated heterocycles. The molecule has 26 heavy (non-hydrogen) atoms. The summed E-state index contributed by atoms with van der Waals surface area (Å²) in [4.78, 5) is 9.26. The maximum Gasteiger partial charge on any atom is 0.181 e. The molecule has 2 heterocycles. The number of halogens is 1. The van der Waals surface area contributed by atoms with Crippen molar-refractivity contribution >= 4 is 22.5 Å². The highest BCUT2D eigenvalue weighted by Crippen LogP contribution is 2.30. The fourth-order valence-electron chi connectivity index (χ4n) is 2.81. The number of hydrogen-bond donors (Lipinski definition) is 2. The van der Waals surface area contributed by atoms with E-state index in [2.05, 4.69) is 33.3 Å². The van der Waals surface area contributed by atoms with Crippen LogP contribution >= 0.6 is 11.6 Å². The van der Waals surface area contributed by atoms with Crippen LogP contribution in [0.15, 0.2) is 43.1 Å². The van der Waals surface area contributed by atoms with Crippen molar-refractivity contribution in [1.29, 1.82) is 0 Å². The van der Waals surface area contributed by atoms with Crippen LogP contribution in [0.4, 0.5) is 0 Å². The number of aromatic amines is 1. The average molecular weight is 370 g/mol. The quantitative estimate of drug-likeness (QED) is 0.632. The van der Waals surface area contributed by atoms with Crippen molar-refractivity contribution in [3.05, 3.63) is 65.1 Å². The fraction of sp³-hybridized carbons (Fsp3) is 0.250. The van der Waals surface area contributed by atoms with Crippen molar-refractivity contribution in [1.82, 2.24) is 20.2 Å². The molecule has 1 unspecified atom stereocenters. The standard InChI is InChI=1S/C17H18ClN5.C3H6/c1-8(9(2)19)15-10(3)20-17(21-11(15)4)16-13-6-5-12(18)7-14(13)22-23-16;1-3-2/h5-8H,2,19H2,1,3-4H3,(H,22,23);3H,1H2,2H3. The fourth-order valence-corrected chi connectivity index (χ4v) is 2.98. The van der Waals surface area contributed by atoms with E-state index in [1.165, 1.54) is 0 Å². The predicted molar refractivity (Wildman–Crippen MR) is 109 cm³/mol. The molecule has 3 aromatic rings. The van der Waals surface area contributed by atoms with Gasteiger partial charge >= 0.3 is 0 Å². The van der Waals surface area contributed by atoms with Crippen LogP contribution in [0.3, 0.4) is 0 Å². The Labute approximate surface area is 159 Å². The highest BCUT2D eigenvalue weighted by molar-refractivity contribution is 6.31. The van der Waals surface area contributed by atoms with E-state index in [9.17, 15) is 0 Å². The summed E-state index contributed by atoms with van der Waals surface area (Å²) >= 11 is 6.01. The molecule has 136 valence electrons. The van der Waals surface area contributed by atoms with Crippen molar-refractivity contribution in [3.8, 4) is 11.5 Å². The van der Waals surface area contributed by atoms with Gasteiger partial charge in [-0.1, -0.05) is 31.2 Å². The Hall–Kier alpha value is -2.66. The van der Waals surface area contributed by atoms with Crippen LogP contribution < -0.4 is 5.73 Å². The number of benzene rings is 1. The minimum atomic E-state index is 0.0128. The molecule has 3 N–H and O–H groups in total. The molecule has 6 heteroatoms. The molecule has 0 spiro atoms. The molecule has 0 saturated carbocycles. The van der Waals surface area contributed by atoms with Crippen LogP contribution in [-0.4, -0.2) is 20.2 Å². The number of aromatic nitrogens is 4. The summed E-state index contributed by atoms with van der Waals surface area (Å²) in [7, 11) is 0. The molecular formula is C20H24ClN5. The van der Waals surface area contributed by atoms with Gasteiger partial charge in [-0.15, -0.1) is 6.58 Å². The lowest BCUT2D eigenvalue weighted by Gasteiger charge is -2.16. The first kappa shape index (κ1) is 19.7. The summed E-state index contributed by atoms with van der Waals surface area (Å²) in [6.45, 7) is 15.0. The van der Waals surface area contributed by atoms with Crippen molar-refractivity contribution in [2.24, 2.45) is 5.73 Å². The van der Waals surface area contributed by atoms with E-state index in [0.717, 1.165) is 27.9 Å². The molecule has 0 fully saturated rings. The Morgan fingerprint density at radius 1 is 1.27 bits per heavy atom. The second-order valence-corrected chi connectivity index (χ2v) is 6.54. The molecule has 1 atom stereocenters. The van der Waals surface area contributed by atoms with Gasteiger partial charge in [0.15, 0.2) is 5.82 Å². The van der Waals surface area contributed by atoms with Gasteiger partial charge in [0.1, 0.15) is 5.69 Å². The van der Waals surface area contributed by atoms with Crippen LogP contribution in [0.5, 0.6) is 0 Å². The van der Waals surface area contributed by atoms with Crippen LogP contribution in [0.2, 0.25) is 5.02 Å². The number of fused-ring (bicyclic) bond motifs is 1. The van der Waals surface area contributed by atoms with Crippen LogP contribution in [0, 0.1) is 13.8 Å². The van der Waals surface area contributed by atoms with Crippen LogP contribution in [0.25, 0.3) is 22.4 Å². The van der Waals surface area contributed by atoms with Gasteiger partial charge in [-0.05, 0) is 39.0 Å². The lowest BCUT2D eigenvalue weighted by Crippen LogP contribution is -2.11. The van der Waals surface area contributed by atoms with Crippen LogP contribution in [-0.2, 0) is 0 Å². The summed E-state index contributed by atoms with van der Waals surface area (Å²) in [5.41, 5.74) is 10.8. The first-order chi connectivity index (χ1) is 12.3. The molecule has 0 aliphatic heterocycles. The molecule has 0 bridgehead atoms. The molecule has 0 amide bonds. The number of rotatable bonds is 3. The van der Waals surface area contributed by atoms with Crippen molar-refractivity contribution in [3.63, 3.8) is 0 Å². The third-order valence-electron chi connectivity index (χ3n) is 4.05. The summed E-state index contributed by atoms with van der Waals surface area (Å²) in [5.74, 6) is 0.603. The van der Waals surface area contributed by atoms with Gasteiger partial charge in [0.25, 0.3) is 0 Å². The average Bonchev–Trinajstić information content (AvgIpc) is 2.97. The third-order valence-corrected chi connectivity index (χ3v) is 4.29. The molecule has 3 rings (SSSR count). The van der Waals surface area contributed by atoms with Gasteiger partial charge in [-0.2, -0.15) is 5.10 Å². The highest BCUT2D eigenvalue weighted by Gasteiger charge is 2.19. The number of H-pyrrole nitrogens is 1. The van der Waals surface area contributed by atoms with E-state index in [1.54, 1.807) is 6.08 Å². The zero-order valence-corrected chi connectivity index (χ0v) is 16.4. The van der Waals surface area contributed by atoms with Gasteiger partial charge in [0.05, 0.1) is 5.52 Å². The number of hydrogen-bond acceptors (Lipinski definition) is 4.